The molecule has 0 aliphatic carbocycles. The number of benzene rings is 1. The van der Waals surface area contributed by atoms with E-state index in [1.807, 2.05) is 30.0 Å². The Morgan fingerprint density at radius 2 is 1.86 bits per heavy atom. The Hall–Kier alpha value is -1.84. The normalized spacial score (nSPS) is 15.9. The lowest BCUT2D eigenvalue weighted by Gasteiger charge is -2.31. The highest BCUT2D eigenvalue weighted by Gasteiger charge is 2.27. The number of rotatable bonds is 4. The number of nitrogens with zero attached hydrogens (tertiary/aromatic N) is 1. The summed E-state index contributed by atoms with van der Waals surface area (Å²) in [5, 5.41) is 3.08. The first-order chi connectivity index (χ1) is 10.5. The van der Waals surface area contributed by atoms with Crippen LogP contribution >= 0.6 is 0 Å². The van der Waals surface area contributed by atoms with E-state index in [4.69, 9.17) is 0 Å². The van der Waals surface area contributed by atoms with Gasteiger partial charge in [0.25, 0.3) is 0 Å². The zero-order chi connectivity index (χ0) is 16.1. The summed E-state index contributed by atoms with van der Waals surface area (Å²) < 4.78 is 0. The molecule has 1 aliphatic rings. The van der Waals surface area contributed by atoms with Crippen molar-refractivity contribution in [2.24, 2.45) is 5.92 Å². The molecular weight excluding hydrogens is 276 g/mol. The number of hydrogen-bond donors (Lipinski definition) is 1. The summed E-state index contributed by atoms with van der Waals surface area (Å²) in [5.74, 6) is 0.641. The van der Waals surface area contributed by atoms with Crippen molar-refractivity contribution in [3.63, 3.8) is 0 Å². The monoisotopic (exact) mass is 302 g/mol. The summed E-state index contributed by atoms with van der Waals surface area (Å²) in [6.07, 6.45) is 2.04. The van der Waals surface area contributed by atoms with Gasteiger partial charge in [0.1, 0.15) is 0 Å². The van der Waals surface area contributed by atoms with E-state index in [0.717, 1.165) is 24.1 Å². The summed E-state index contributed by atoms with van der Waals surface area (Å²) >= 11 is 0. The van der Waals surface area contributed by atoms with Gasteiger partial charge >= 0.3 is 0 Å². The van der Waals surface area contributed by atoms with Crippen LogP contribution in [0, 0.1) is 5.92 Å². The molecule has 4 nitrogen and oxygen atoms in total. The van der Waals surface area contributed by atoms with Gasteiger partial charge in [0.05, 0.1) is 0 Å². The van der Waals surface area contributed by atoms with Crippen molar-refractivity contribution in [2.45, 2.75) is 46.0 Å². The van der Waals surface area contributed by atoms with Crippen LogP contribution in [0.2, 0.25) is 0 Å². The number of para-hydroxylation sites is 1. The lowest BCUT2D eigenvalue weighted by atomic mass is 9.95. The Balaban J connectivity index is 1.96. The predicted octanol–water partition coefficient (Wildman–Crippen LogP) is 3.40. The molecule has 22 heavy (non-hydrogen) atoms. The third kappa shape index (κ3) is 3.87. The van der Waals surface area contributed by atoms with Crippen molar-refractivity contribution in [2.75, 3.05) is 18.4 Å². The van der Waals surface area contributed by atoms with Crippen LogP contribution in [0.1, 0.15) is 51.5 Å². The van der Waals surface area contributed by atoms with E-state index < -0.39 is 0 Å². The van der Waals surface area contributed by atoms with Crippen molar-refractivity contribution in [3.8, 4) is 0 Å². The summed E-state index contributed by atoms with van der Waals surface area (Å²) in [5.41, 5.74) is 2.07. The van der Waals surface area contributed by atoms with Gasteiger partial charge in [-0.25, -0.2) is 0 Å². The van der Waals surface area contributed by atoms with Crippen molar-refractivity contribution >= 4 is 17.5 Å². The van der Waals surface area contributed by atoms with Crippen LogP contribution in [0.4, 0.5) is 5.69 Å². The highest BCUT2D eigenvalue weighted by molar-refractivity contribution is 5.93. The Bertz CT molecular complexity index is 532. The Kier molecular flexibility index (Phi) is 5.58. The van der Waals surface area contributed by atoms with Crippen molar-refractivity contribution in [1.82, 2.24) is 4.90 Å². The van der Waals surface area contributed by atoms with Crippen LogP contribution in [-0.2, 0) is 9.59 Å². The molecule has 1 aromatic rings. The van der Waals surface area contributed by atoms with Gasteiger partial charge in [0.15, 0.2) is 0 Å². The summed E-state index contributed by atoms with van der Waals surface area (Å²) in [6.45, 7) is 7.51. The fourth-order valence-corrected chi connectivity index (χ4v) is 2.96. The first-order valence-corrected chi connectivity index (χ1v) is 8.20. The van der Waals surface area contributed by atoms with Crippen LogP contribution in [-0.4, -0.2) is 29.8 Å². The van der Waals surface area contributed by atoms with Gasteiger partial charge < -0.3 is 10.2 Å². The molecule has 0 bridgehead atoms. The van der Waals surface area contributed by atoms with Gasteiger partial charge in [-0.1, -0.05) is 39.0 Å². The maximum absolute atomic E-state index is 12.5. The minimum Gasteiger partial charge on any atom is -0.343 e. The first kappa shape index (κ1) is 16.5. The van der Waals surface area contributed by atoms with Crippen molar-refractivity contribution < 1.29 is 9.59 Å². The zero-order valence-corrected chi connectivity index (χ0v) is 13.8. The molecule has 1 saturated heterocycles. The van der Waals surface area contributed by atoms with Crippen LogP contribution in [0.3, 0.4) is 0 Å². The predicted molar refractivity (Wildman–Crippen MR) is 88.8 cm³/mol. The molecule has 4 heteroatoms. The molecule has 120 valence electrons. The second-order valence-corrected chi connectivity index (χ2v) is 6.24. The number of anilines is 1. The summed E-state index contributed by atoms with van der Waals surface area (Å²) in [6, 6.07) is 7.97. The van der Waals surface area contributed by atoms with Gasteiger partial charge in [-0.2, -0.15) is 0 Å². The molecular formula is C18H26N2O2. The Morgan fingerprint density at radius 3 is 2.45 bits per heavy atom. The molecule has 0 radical (unpaired) electrons. The lowest BCUT2D eigenvalue weighted by Crippen LogP contribution is -2.41. The Morgan fingerprint density at radius 1 is 1.23 bits per heavy atom. The molecule has 1 fully saturated rings. The molecule has 0 unspecified atom stereocenters. The third-order valence-corrected chi connectivity index (χ3v) is 4.36. The molecule has 1 heterocycles. The maximum atomic E-state index is 12.5. The molecule has 1 aromatic carbocycles. The van der Waals surface area contributed by atoms with Crippen LogP contribution in [0.15, 0.2) is 24.3 Å². The molecule has 0 saturated carbocycles. The second-order valence-electron chi connectivity index (χ2n) is 6.24. The van der Waals surface area contributed by atoms with Crippen LogP contribution in [0.5, 0.6) is 0 Å². The molecule has 2 rings (SSSR count). The molecule has 0 atom stereocenters. The van der Waals surface area contributed by atoms with Gasteiger partial charge in [-0.15, -0.1) is 0 Å². The van der Waals surface area contributed by atoms with Crippen LogP contribution in [0.25, 0.3) is 0 Å². The molecule has 1 aliphatic heterocycles. The minimum absolute atomic E-state index is 0.00104. The SMILES string of the molecule is CCC(=O)N1CCC(C(=O)Nc2ccccc2C(C)C)CC1. The topological polar surface area (TPSA) is 49.4 Å². The van der Waals surface area contributed by atoms with Gasteiger partial charge in [-0.3, -0.25) is 9.59 Å². The average Bonchev–Trinajstić information content (AvgIpc) is 2.54. The standard InChI is InChI=1S/C18H26N2O2/c1-4-17(21)20-11-9-14(10-12-20)18(22)19-16-8-6-5-7-15(16)13(2)3/h5-8,13-14H,4,9-12H2,1-3H3,(H,19,22). The average molecular weight is 302 g/mol. The number of carbonyl (C=O) groups is 2. The van der Waals surface area contributed by atoms with E-state index in [1.165, 1.54) is 0 Å². The van der Waals surface area contributed by atoms with Crippen LogP contribution < -0.4 is 5.32 Å². The maximum Gasteiger partial charge on any atom is 0.227 e. The highest BCUT2D eigenvalue weighted by Crippen LogP contribution is 2.26. The van der Waals surface area contributed by atoms with Crippen molar-refractivity contribution in [3.05, 3.63) is 29.8 Å². The fourth-order valence-electron chi connectivity index (χ4n) is 2.96. The lowest BCUT2D eigenvalue weighted by molar-refractivity contribution is -0.134. The smallest absolute Gasteiger partial charge is 0.227 e. The molecule has 2 amide bonds. The fraction of sp³-hybridized carbons (Fsp3) is 0.556. The molecule has 1 N–H and O–H groups in total. The zero-order valence-electron chi connectivity index (χ0n) is 13.8. The van der Waals surface area contributed by atoms with E-state index in [9.17, 15) is 9.59 Å². The van der Waals surface area contributed by atoms with E-state index in [1.54, 1.807) is 0 Å². The Labute approximate surface area is 132 Å². The number of piperidine rings is 1. The molecule has 0 aromatic heterocycles. The third-order valence-electron chi connectivity index (χ3n) is 4.36. The van der Waals surface area contributed by atoms with E-state index in [-0.39, 0.29) is 17.7 Å². The quantitative estimate of drug-likeness (QED) is 0.926. The highest BCUT2D eigenvalue weighted by atomic mass is 16.2. The van der Waals surface area contributed by atoms with Crippen molar-refractivity contribution in [1.29, 1.82) is 0 Å². The number of carbonyl (C=O) groups excluding carboxylic acids is 2. The largest absolute Gasteiger partial charge is 0.343 e. The summed E-state index contributed by atoms with van der Waals surface area (Å²) in [7, 11) is 0. The van der Waals surface area contributed by atoms with E-state index in [2.05, 4.69) is 25.2 Å². The second kappa shape index (κ2) is 7.43. The van der Waals surface area contributed by atoms with Gasteiger partial charge in [0, 0.05) is 31.1 Å². The van der Waals surface area contributed by atoms with E-state index >= 15 is 0 Å². The minimum atomic E-state index is 0.00104. The number of hydrogen-bond acceptors (Lipinski definition) is 2. The molecule has 0 spiro atoms. The number of likely N-dealkylation sites (tertiary alicyclic amines) is 1. The first-order valence-electron chi connectivity index (χ1n) is 8.20. The van der Waals surface area contributed by atoms with Gasteiger partial charge in [0.2, 0.25) is 11.8 Å². The number of amides is 2. The number of nitrogens with one attached hydrogen (secondary N) is 1. The van der Waals surface area contributed by atoms with Gasteiger partial charge in [-0.05, 0) is 30.4 Å². The summed E-state index contributed by atoms with van der Waals surface area (Å²) in [4.78, 5) is 26.0. The van der Waals surface area contributed by atoms with E-state index in [0.29, 0.717) is 25.4 Å².